The average molecular weight is 290 g/mol. The molecule has 0 aliphatic carbocycles. The minimum atomic E-state index is 0.776. The van der Waals surface area contributed by atoms with Crippen LogP contribution in [0.3, 0.4) is 0 Å². The van der Waals surface area contributed by atoms with Crippen molar-refractivity contribution in [3.05, 3.63) is 34.6 Å². The van der Waals surface area contributed by atoms with E-state index in [2.05, 4.69) is 52.1 Å². The average Bonchev–Trinajstić information content (AvgIpc) is 2.48. The minimum absolute atomic E-state index is 0.776. The quantitative estimate of drug-likeness (QED) is 0.537. The summed E-state index contributed by atoms with van der Waals surface area (Å²) in [6.45, 7) is 12.4. The molecule has 0 radical (unpaired) electrons. The van der Waals surface area contributed by atoms with Gasteiger partial charge in [-0.3, -0.25) is 0 Å². The zero-order valence-electron chi connectivity index (χ0n) is 14.9. The van der Waals surface area contributed by atoms with E-state index >= 15 is 0 Å². The molecule has 1 N–H and O–H groups in total. The second-order valence-electron chi connectivity index (χ2n) is 6.35. The van der Waals surface area contributed by atoms with Crippen molar-refractivity contribution >= 4 is 0 Å². The lowest BCUT2D eigenvalue weighted by Crippen LogP contribution is -2.21. The van der Waals surface area contributed by atoms with Gasteiger partial charge in [0.1, 0.15) is 0 Å². The van der Waals surface area contributed by atoms with E-state index < -0.39 is 0 Å². The van der Waals surface area contributed by atoms with Gasteiger partial charge in [-0.05, 0) is 50.2 Å². The van der Waals surface area contributed by atoms with Crippen molar-refractivity contribution in [3.63, 3.8) is 0 Å². The summed E-state index contributed by atoms with van der Waals surface area (Å²) in [5.41, 5.74) is 5.93. The summed E-state index contributed by atoms with van der Waals surface area (Å²) in [7, 11) is 0. The molecule has 1 rings (SSSR count). The van der Waals surface area contributed by atoms with Gasteiger partial charge in [0.15, 0.2) is 0 Å². The van der Waals surface area contributed by atoms with E-state index in [-0.39, 0.29) is 0 Å². The Morgan fingerprint density at radius 3 is 2.29 bits per heavy atom. The molecule has 1 heteroatoms. The summed E-state index contributed by atoms with van der Waals surface area (Å²) in [4.78, 5) is 0. The molecule has 0 aromatic heterocycles. The predicted molar refractivity (Wildman–Crippen MR) is 95.4 cm³/mol. The molecule has 0 atom stereocenters. The highest BCUT2D eigenvalue weighted by atomic mass is 14.9. The van der Waals surface area contributed by atoms with E-state index in [1.165, 1.54) is 55.4 Å². The van der Waals surface area contributed by atoms with E-state index in [9.17, 15) is 0 Å². The first-order valence-corrected chi connectivity index (χ1v) is 9.00. The number of dihydropyridines is 1. The smallest absolute Gasteiger partial charge is 0.0372 e. The van der Waals surface area contributed by atoms with Crippen LogP contribution >= 0.6 is 0 Å². The Bertz CT molecular complexity index is 392. The highest BCUT2D eigenvalue weighted by Gasteiger charge is 2.14. The Morgan fingerprint density at radius 2 is 1.81 bits per heavy atom. The number of hydrogen-bond donors (Lipinski definition) is 1. The van der Waals surface area contributed by atoms with Crippen molar-refractivity contribution in [1.82, 2.24) is 5.32 Å². The molecule has 0 saturated carbocycles. The van der Waals surface area contributed by atoms with Crippen molar-refractivity contribution in [2.75, 3.05) is 6.54 Å². The number of allylic oxidation sites excluding steroid dienone is 4. The van der Waals surface area contributed by atoms with Crippen LogP contribution in [0.25, 0.3) is 0 Å². The molecule has 1 aliphatic rings. The van der Waals surface area contributed by atoms with Gasteiger partial charge in [0.25, 0.3) is 0 Å². The maximum Gasteiger partial charge on any atom is 0.0372 e. The molecule has 120 valence electrons. The zero-order chi connectivity index (χ0) is 15.7. The lowest BCUT2D eigenvalue weighted by Gasteiger charge is -2.23. The van der Waals surface area contributed by atoms with Gasteiger partial charge in [-0.2, -0.15) is 0 Å². The van der Waals surface area contributed by atoms with E-state index in [4.69, 9.17) is 0 Å². The van der Waals surface area contributed by atoms with Crippen LogP contribution in [-0.2, 0) is 0 Å². The number of nitrogens with one attached hydrogen (secondary N) is 1. The second-order valence-corrected chi connectivity index (χ2v) is 6.35. The van der Waals surface area contributed by atoms with Gasteiger partial charge in [0.2, 0.25) is 0 Å². The molecule has 1 nitrogen and oxygen atoms in total. The summed E-state index contributed by atoms with van der Waals surface area (Å²) < 4.78 is 0. The van der Waals surface area contributed by atoms with Gasteiger partial charge in [0.05, 0.1) is 0 Å². The highest BCUT2D eigenvalue weighted by molar-refractivity contribution is 5.39. The molecule has 1 heterocycles. The van der Waals surface area contributed by atoms with Crippen molar-refractivity contribution in [2.24, 2.45) is 5.92 Å². The highest BCUT2D eigenvalue weighted by Crippen LogP contribution is 2.28. The monoisotopic (exact) mass is 289 g/mol. The Labute approximate surface area is 132 Å². The normalized spacial score (nSPS) is 16.3. The van der Waals surface area contributed by atoms with Gasteiger partial charge >= 0.3 is 0 Å². The molecule has 21 heavy (non-hydrogen) atoms. The lowest BCUT2D eigenvalue weighted by molar-refractivity contribution is 0.486. The van der Waals surface area contributed by atoms with Crippen LogP contribution < -0.4 is 5.32 Å². The van der Waals surface area contributed by atoms with Crippen LogP contribution in [0.5, 0.6) is 0 Å². The topological polar surface area (TPSA) is 12.0 Å². The molecule has 1 aliphatic heterocycles. The molecule has 0 amide bonds. The van der Waals surface area contributed by atoms with E-state index in [0.29, 0.717) is 0 Å². The van der Waals surface area contributed by atoms with Crippen molar-refractivity contribution in [2.45, 2.75) is 79.6 Å². The summed E-state index contributed by atoms with van der Waals surface area (Å²) in [5, 5.41) is 3.63. The fraction of sp³-hybridized carbons (Fsp3) is 0.700. The molecular formula is C20H35N. The van der Waals surface area contributed by atoms with Gasteiger partial charge < -0.3 is 5.32 Å². The van der Waals surface area contributed by atoms with Crippen LogP contribution in [0.1, 0.15) is 79.6 Å². The van der Waals surface area contributed by atoms with Crippen LogP contribution in [0, 0.1) is 5.92 Å². The van der Waals surface area contributed by atoms with Crippen LogP contribution in [0.15, 0.2) is 34.6 Å². The van der Waals surface area contributed by atoms with Gasteiger partial charge in [0, 0.05) is 12.2 Å². The van der Waals surface area contributed by atoms with Gasteiger partial charge in [-0.25, -0.2) is 0 Å². The molecule has 0 aromatic rings. The van der Waals surface area contributed by atoms with Crippen LogP contribution in [0.4, 0.5) is 0 Å². The third-order valence-electron chi connectivity index (χ3n) is 4.47. The minimum Gasteiger partial charge on any atom is -0.381 e. The molecule has 0 saturated heterocycles. The maximum atomic E-state index is 3.63. The Morgan fingerprint density at radius 1 is 1.14 bits per heavy atom. The first-order valence-electron chi connectivity index (χ1n) is 9.00. The van der Waals surface area contributed by atoms with Gasteiger partial charge in [-0.1, -0.05) is 64.2 Å². The third kappa shape index (κ3) is 5.73. The summed E-state index contributed by atoms with van der Waals surface area (Å²) in [6.07, 6.45) is 13.7. The van der Waals surface area contributed by atoms with Gasteiger partial charge in [-0.15, -0.1) is 0 Å². The molecular weight excluding hydrogens is 254 g/mol. The van der Waals surface area contributed by atoms with E-state index in [0.717, 1.165) is 18.9 Å². The predicted octanol–water partition coefficient (Wildman–Crippen LogP) is 6.14. The number of rotatable bonds is 9. The van der Waals surface area contributed by atoms with Crippen molar-refractivity contribution in [3.8, 4) is 0 Å². The standard InChI is InChI=1S/C20H35N/c1-6-10-18(11-7-2)19(12-8-3)14-20-16(5)13-17(9-4)15-21-20/h13-14,18,21H,6-12,15H2,1-5H3/b19-14-. The van der Waals surface area contributed by atoms with E-state index in [1.54, 1.807) is 5.57 Å². The largest absolute Gasteiger partial charge is 0.381 e. The fourth-order valence-corrected chi connectivity index (χ4v) is 3.26. The maximum absolute atomic E-state index is 3.63. The SMILES string of the molecule is CCC/C(=C/C1=C(C)C=C(CC)CN1)C(CCC)CCC. The zero-order valence-corrected chi connectivity index (χ0v) is 14.9. The van der Waals surface area contributed by atoms with Crippen LogP contribution in [0.2, 0.25) is 0 Å². The number of hydrogen-bond acceptors (Lipinski definition) is 1. The van der Waals surface area contributed by atoms with E-state index in [1.807, 2.05) is 0 Å². The molecule has 0 aromatic carbocycles. The molecule has 0 fully saturated rings. The third-order valence-corrected chi connectivity index (χ3v) is 4.47. The lowest BCUT2D eigenvalue weighted by atomic mass is 9.86. The van der Waals surface area contributed by atoms with Crippen LogP contribution in [-0.4, -0.2) is 6.54 Å². The summed E-state index contributed by atoms with van der Waals surface area (Å²) >= 11 is 0. The van der Waals surface area contributed by atoms with Crippen molar-refractivity contribution in [1.29, 1.82) is 0 Å². The molecule has 0 spiro atoms. The Hall–Kier alpha value is -0.980. The Kier molecular flexibility index (Phi) is 8.49. The second kappa shape index (κ2) is 9.87. The fourth-order valence-electron chi connectivity index (χ4n) is 3.26. The summed E-state index contributed by atoms with van der Waals surface area (Å²) in [5.74, 6) is 0.776. The molecule has 0 unspecified atom stereocenters. The van der Waals surface area contributed by atoms with Crippen molar-refractivity contribution < 1.29 is 0 Å². The summed E-state index contributed by atoms with van der Waals surface area (Å²) in [6, 6.07) is 0. The Balaban J connectivity index is 3.00. The molecule has 0 bridgehead atoms. The first-order chi connectivity index (χ1) is 10.2. The first kappa shape index (κ1) is 18.1.